The van der Waals surface area contributed by atoms with Gasteiger partial charge in [-0.15, -0.1) is 0 Å². The normalized spacial score (nSPS) is 21.5. The summed E-state index contributed by atoms with van der Waals surface area (Å²) >= 11 is 0. The maximum atomic E-state index is 12.1. The maximum absolute atomic E-state index is 12.1. The van der Waals surface area contributed by atoms with Crippen LogP contribution in [-0.2, 0) is 20.9 Å². The van der Waals surface area contributed by atoms with Crippen molar-refractivity contribution in [2.24, 2.45) is 0 Å². The number of benzene rings is 1. The number of ether oxygens (including phenoxy) is 2. The SMILES string of the molecule is C[C@@H]1CN(C(=O)COC(=O)c2ccc(CO)cc2)C[C@@H](C)O1. The third-order valence-corrected chi connectivity index (χ3v) is 3.47. The minimum atomic E-state index is -0.549. The lowest BCUT2D eigenvalue weighted by atomic mass is 10.1. The number of nitrogens with zero attached hydrogens (tertiary/aromatic N) is 1. The number of amides is 1. The summed E-state index contributed by atoms with van der Waals surface area (Å²) in [6, 6.07) is 6.42. The van der Waals surface area contributed by atoms with Gasteiger partial charge in [-0.3, -0.25) is 4.79 Å². The zero-order valence-corrected chi connectivity index (χ0v) is 12.8. The molecule has 1 saturated heterocycles. The first-order chi connectivity index (χ1) is 10.5. The number of carbonyl (C=O) groups is 2. The number of morpholine rings is 1. The molecular weight excluding hydrogens is 286 g/mol. The van der Waals surface area contributed by atoms with Crippen LogP contribution in [0.25, 0.3) is 0 Å². The van der Waals surface area contributed by atoms with Gasteiger partial charge in [-0.2, -0.15) is 0 Å². The molecule has 0 saturated carbocycles. The molecule has 1 aromatic carbocycles. The summed E-state index contributed by atoms with van der Waals surface area (Å²) in [5.74, 6) is -0.769. The molecule has 22 heavy (non-hydrogen) atoms. The van der Waals surface area contributed by atoms with Crippen LogP contribution >= 0.6 is 0 Å². The number of esters is 1. The Labute approximate surface area is 129 Å². The van der Waals surface area contributed by atoms with E-state index in [9.17, 15) is 9.59 Å². The van der Waals surface area contributed by atoms with Crippen molar-refractivity contribution in [3.05, 3.63) is 35.4 Å². The summed E-state index contributed by atoms with van der Waals surface area (Å²) in [5.41, 5.74) is 1.07. The fourth-order valence-corrected chi connectivity index (χ4v) is 2.43. The third-order valence-electron chi connectivity index (χ3n) is 3.47. The minimum Gasteiger partial charge on any atom is -0.452 e. The summed E-state index contributed by atoms with van der Waals surface area (Å²) in [6.45, 7) is 4.47. The topological polar surface area (TPSA) is 76.1 Å². The second-order valence-corrected chi connectivity index (χ2v) is 5.49. The summed E-state index contributed by atoms with van der Waals surface area (Å²) in [4.78, 5) is 25.6. The molecule has 0 radical (unpaired) electrons. The van der Waals surface area contributed by atoms with Gasteiger partial charge < -0.3 is 19.5 Å². The Morgan fingerprint density at radius 1 is 1.23 bits per heavy atom. The highest BCUT2D eigenvalue weighted by Crippen LogP contribution is 2.11. The molecule has 6 heteroatoms. The van der Waals surface area contributed by atoms with Crippen LogP contribution in [-0.4, -0.2) is 53.8 Å². The van der Waals surface area contributed by atoms with E-state index in [4.69, 9.17) is 14.6 Å². The molecule has 1 aliphatic rings. The first kappa shape index (κ1) is 16.5. The lowest BCUT2D eigenvalue weighted by Crippen LogP contribution is -2.49. The predicted octanol–water partition coefficient (Wildman–Crippen LogP) is 0.971. The molecule has 1 N–H and O–H groups in total. The van der Waals surface area contributed by atoms with Gasteiger partial charge >= 0.3 is 5.97 Å². The Kier molecular flexibility index (Phi) is 5.51. The van der Waals surface area contributed by atoms with E-state index < -0.39 is 5.97 Å². The molecule has 0 spiro atoms. The van der Waals surface area contributed by atoms with Crippen LogP contribution in [0.5, 0.6) is 0 Å². The van der Waals surface area contributed by atoms with Crippen LogP contribution in [0.3, 0.4) is 0 Å². The van der Waals surface area contributed by atoms with Crippen molar-refractivity contribution in [2.45, 2.75) is 32.7 Å². The van der Waals surface area contributed by atoms with E-state index in [-0.39, 0.29) is 31.3 Å². The Balaban J connectivity index is 1.85. The lowest BCUT2D eigenvalue weighted by molar-refractivity contribution is -0.146. The van der Waals surface area contributed by atoms with E-state index in [0.29, 0.717) is 24.2 Å². The Morgan fingerprint density at radius 2 is 1.82 bits per heavy atom. The molecule has 1 fully saturated rings. The first-order valence-corrected chi connectivity index (χ1v) is 7.29. The molecule has 120 valence electrons. The maximum Gasteiger partial charge on any atom is 0.338 e. The summed E-state index contributed by atoms with van der Waals surface area (Å²) in [6.07, 6.45) is -0.0381. The number of carbonyl (C=O) groups excluding carboxylic acids is 2. The van der Waals surface area contributed by atoms with Gasteiger partial charge in [0.25, 0.3) is 5.91 Å². The molecular formula is C16H21NO5. The smallest absolute Gasteiger partial charge is 0.338 e. The lowest BCUT2D eigenvalue weighted by Gasteiger charge is -2.35. The van der Waals surface area contributed by atoms with Crippen LogP contribution in [0.4, 0.5) is 0 Å². The highest BCUT2D eigenvalue weighted by molar-refractivity contribution is 5.91. The van der Waals surface area contributed by atoms with E-state index >= 15 is 0 Å². The van der Waals surface area contributed by atoms with E-state index in [1.807, 2.05) is 13.8 Å². The largest absolute Gasteiger partial charge is 0.452 e. The summed E-state index contributed by atoms with van der Waals surface area (Å²) in [7, 11) is 0. The average molecular weight is 307 g/mol. The standard InChI is InChI=1S/C16H21NO5/c1-11-7-17(8-12(2)22-11)15(19)10-21-16(20)14-5-3-13(9-18)4-6-14/h3-6,11-12,18H,7-10H2,1-2H3/t11-,12-/m1/s1. The van der Waals surface area contributed by atoms with Gasteiger partial charge in [0.15, 0.2) is 6.61 Å². The van der Waals surface area contributed by atoms with Crippen LogP contribution in [0.1, 0.15) is 29.8 Å². The van der Waals surface area contributed by atoms with E-state index in [1.54, 1.807) is 29.2 Å². The molecule has 6 nitrogen and oxygen atoms in total. The molecule has 0 bridgehead atoms. The molecule has 1 aromatic rings. The van der Waals surface area contributed by atoms with E-state index in [2.05, 4.69) is 0 Å². The van der Waals surface area contributed by atoms with Crippen molar-refractivity contribution in [1.29, 1.82) is 0 Å². The first-order valence-electron chi connectivity index (χ1n) is 7.29. The highest BCUT2D eigenvalue weighted by atomic mass is 16.5. The molecule has 0 unspecified atom stereocenters. The Bertz CT molecular complexity index is 518. The molecule has 1 aliphatic heterocycles. The number of aliphatic hydroxyl groups is 1. The van der Waals surface area contributed by atoms with Gasteiger partial charge in [-0.05, 0) is 31.5 Å². The van der Waals surface area contributed by atoms with Crippen LogP contribution < -0.4 is 0 Å². The molecule has 2 rings (SSSR count). The quantitative estimate of drug-likeness (QED) is 0.839. The minimum absolute atomic E-state index is 0.0190. The molecule has 0 aliphatic carbocycles. The van der Waals surface area contributed by atoms with Gasteiger partial charge in [0.1, 0.15) is 0 Å². The molecule has 0 aromatic heterocycles. The highest BCUT2D eigenvalue weighted by Gasteiger charge is 2.26. The molecule has 2 atom stereocenters. The Morgan fingerprint density at radius 3 is 2.36 bits per heavy atom. The van der Waals surface area contributed by atoms with Gasteiger partial charge in [-0.25, -0.2) is 4.79 Å². The number of hydrogen-bond donors (Lipinski definition) is 1. The van der Waals surface area contributed by atoms with Gasteiger partial charge in [0.2, 0.25) is 0 Å². The van der Waals surface area contributed by atoms with Crippen molar-refractivity contribution in [3.8, 4) is 0 Å². The van der Waals surface area contributed by atoms with Crippen molar-refractivity contribution in [2.75, 3.05) is 19.7 Å². The van der Waals surface area contributed by atoms with Crippen molar-refractivity contribution >= 4 is 11.9 Å². The van der Waals surface area contributed by atoms with Crippen molar-refractivity contribution in [3.63, 3.8) is 0 Å². The fourth-order valence-electron chi connectivity index (χ4n) is 2.43. The summed E-state index contributed by atoms with van der Waals surface area (Å²) in [5, 5.41) is 8.95. The van der Waals surface area contributed by atoms with Gasteiger partial charge in [0.05, 0.1) is 24.4 Å². The van der Waals surface area contributed by atoms with Crippen LogP contribution in [0.2, 0.25) is 0 Å². The summed E-state index contributed by atoms with van der Waals surface area (Å²) < 4.78 is 10.6. The van der Waals surface area contributed by atoms with E-state index in [1.165, 1.54) is 0 Å². The third kappa shape index (κ3) is 4.29. The number of aliphatic hydroxyl groups excluding tert-OH is 1. The van der Waals surface area contributed by atoms with E-state index in [0.717, 1.165) is 0 Å². The molecule has 1 heterocycles. The van der Waals surface area contributed by atoms with Crippen LogP contribution in [0.15, 0.2) is 24.3 Å². The zero-order chi connectivity index (χ0) is 16.1. The number of hydrogen-bond acceptors (Lipinski definition) is 5. The average Bonchev–Trinajstić information content (AvgIpc) is 2.51. The Hall–Kier alpha value is -1.92. The van der Waals surface area contributed by atoms with Gasteiger partial charge in [0, 0.05) is 13.1 Å². The van der Waals surface area contributed by atoms with Crippen molar-refractivity contribution < 1.29 is 24.2 Å². The second-order valence-electron chi connectivity index (χ2n) is 5.49. The fraction of sp³-hybridized carbons (Fsp3) is 0.500. The predicted molar refractivity (Wildman–Crippen MR) is 79.2 cm³/mol. The van der Waals surface area contributed by atoms with Crippen LogP contribution in [0, 0.1) is 0 Å². The van der Waals surface area contributed by atoms with Crippen molar-refractivity contribution in [1.82, 2.24) is 4.90 Å². The molecule has 1 amide bonds. The van der Waals surface area contributed by atoms with Gasteiger partial charge in [-0.1, -0.05) is 12.1 Å². The second kappa shape index (κ2) is 7.38. The number of rotatable bonds is 4. The monoisotopic (exact) mass is 307 g/mol. The zero-order valence-electron chi connectivity index (χ0n) is 12.8.